The molecule has 0 aromatic carbocycles. The molecule has 1 heteroatoms. The molecule has 0 bridgehead atoms. The van der Waals surface area contributed by atoms with Crippen LogP contribution in [0.4, 0.5) is 0 Å². The molecule has 0 saturated carbocycles. The van der Waals surface area contributed by atoms with E-state index in [9.17, 15) is 0 Å². The SMILES string of the molecule is CC1CSC(C)C1(C)C. The zero-order valence-electron chi connectivity index (χ0n) is 6.77. The van der Waals surface area contributed by atoms with Crippen molar-refractivity contribution in [3.8, 4) is 0 Å². The molecule has 1 rings (SSSR count). The van der Waals surface area contributed by atoms with E-state index in [4.69, 9.17) is 0 Å². The van der Waals surface area contributed by atoms with E-state index >= 15 is 0 Å². The Bertz CT molecular complexity index is 95.1. The van der Waals surface area contributed by atoms with Gasteiger partial charge in [-0.25, -0.2) is 0 Å². The summed E-state index contributed by atoms with van der Waals surface area (Å²) < 4.78 is 0. The summed E-state index contributed by atoms with van der Waals surface area (Å²) in [6, 6.07) is 0. The first-order valence-corrected chi connectivity index (χ1v) is 4.71. The van der Waals surface area contributed by atoms with E-state index in [1.807, 2.05) is 0 Å². The third-order valence-corrected chi connectivity index (χ3v) is 4.71. The predicted octanol–water partition coefficient (Wildman–Crippen LogP) is 2.78. The van der Waals surface area contributed by atoms with Crippen LogP contribution >= 0.6 is 11.8 Å². The van der Waals surface area contributed by atoms with Gasteiger partial charge >= 0.3 is 0 Å². The Balaban J connectivity index is 2.66. The van der Waals surface area contributed by atoms with Crippen molar-refractivity contribution in [2.75, 3.05) is 5.75 Å². The number of hydrogen-bond donors (Lipinski definition) is 0. The van der Waals surface area contributed by atoms with E-state index in [0.29, 0.717) is 5.41 Å². The van der Waals surface area contributed by atoms with Crippen LogP contribution in [0.3, 0.4) is 0 Å². The molecule has 0 spiro atoms. The highest BCUT2D eigenvalue weighted by Crippen LogP contribution is 2.45. The Morgan fingerprint density at radius 3 is 2.00 bits per heavy atom. The quantitative estimate of drug-likeness (QED) is 0.504. The van der Waals surface area contributed by atoms with E-state index < -0.39 is 0 Å². The van der Waals surface area contributed by atoms with Gasteiger partial charge in [-0.05, 0) is 17.1 Å². The second-order valence-corrected chi connectivity index (χ2v) is 5.07. The van der Waals surface area contributed by atoms with Crippen molar-refractivity contribution in [3.05, 3.63) is 0 Å². The lowest BCUT2D eigenvalue weighted by Crippen LogP contribution is -2.24. The standard InChI is InChI=1S/C8H16S/c1-6-5-9-7(2)8(6,3)4/h6-7H,5H2,1-4H3. The summed E-state index contributed by atoms with van der Waals surface area (Å²) in [5.41, 5.74) is 0.574. The van der Waals surface area contributed by atoms with E-state index in [-0.39, 0.29) is 0 Å². The van der Waals surface area contributed by atoms with Crippen molar-refractivity contribution >= 4 is 11.8 Å². The Labute approximate surface area is 62.4 Å². The van der Waals surface area contributed by atoms with Crippen molar-refractivity contribution in [2.45, 2.75) is 32.9 Å². The number of thioether (sulfide) groups is 1. The van der Waals surface area contributed by atoms with Crippen LogP contribution in [0.2, 0.25) is 0 Å². The van der Waals surface area contributed by atoms with E-state index in [0.717, 1.165) is 11.2 Å². The molecule has 54 valence electrons. The summed E-state index contributed by atoms with van der Waals surface area (Å²) in [6.07, 6.45) is 0. The molecule has 1 heterocycles. The maximum atomic E-state index is 2.38. The van der Waals surface area contributed by atoms with E-state index in [2.05, 4.69) is 39.5 Å². The van der Waals surface area contributed by atoms with Gasteiger partial charge in [0, 0.05) is 5.25 Å². The highest BCUT2D eigenvalue weighted by molar-refractivity contribution is 8.00. The molecule has 1 fully saturated rings. The molecule has 1 aliphatic rings. The Morgan fingerprint density at radius 2 is 1.89 bits per heavy atom. The van der Waals surface area contributed by atoms with Gasteiger partial charge in [0.05, 0.1) is 0 Å². The minimum atomic E-state index is 0.574. The van der Waals surface area contributed by atoms with Crippen LogP contribution < -0.4 is 0 Å². The lowest BCUT2D eigenvalue weighted by Gasteiger charge is -2.27. The molecule has 0 nitrogen and oxygen atoms in total. The summed E-state index contributed by atoms with van der Waals surface area (Å²) in [5.74, 6) is 2.26. The molecular weight excluding hydrogens is 128 g/mol. The fourth-order valence-electron chi connectivity index (χ4n) is 1.12. The first-order chi connectivity index (χ1) is 4.05. The monoisotopic (exact) mass is 144 g/mol. The molecule has 0 amide bonds. The topological polar surface area (TPSA) is 0 Å². The Kier molecular flexibility index (Phi) is 1.81. The predicted molar refractivity (Wildman–Crippen MR) is 44.9 cm³/mol. The molecule has 2 unspecified atom stereocenters. The zero-order valence-corrected chi connectivity index (χ0v) is 7.59. The molecular formula is C8H16S. The zero-order chi connectivity index (χ0) is 7.07. The molecule has 2 atom stereocenters. The van der Waals surface area contributed by atoms with Gasteiger partial charge in [0.25, 0.3) is 0 Å². The summed E-state index contributed by atoms with van der Waals surface area (Å²) >= 11 is 2.11. The fourth-order valence-corrected chi connectivity index (χ4v) is 2.79. The van der Waals surface area contributed by atoms with Gasteiger partial charge < -0.3 is 0 Å². The van der Waals surface area contributed by atoms with Gasteiger partial charge in [-0.2, -0.15) is 11.8 Å². The molecule has 0 radical (unpaired) electrons. The average Bonchev–Trinajstić information content (AvgIpc) is 1.96. The normalized spacial score (nSPS) is 41.3. The second-order valence-electron chi connectivity index (χ2n) is 3.70. The molecule has 0 aromatic rings. The summed E-state index contributed by atoms with van der Waals surface area (Å²) in [4.78, 5) is 0. The van der Waals surface area contributed by atoms with Crippen LogP contribution in [-0.4, -0.2) is 11.0 Å². The largest absolute Gasteiger partial charge is 0.158 e. The lowest BCUT2D eigenvalue weighted by molar-refractivity contribution is 0.272. The first kappa shape index (κ1) is 7.46. The minimum absolute atomic E-state index is 0.574. The maximum Gasteiger partial charge on any atom is 0.00728 e. The molecule has 0 aliphatic carbocycles. The van der Waals surface area contributed by atoms with Crippen LogP contribution in [0, 0.1) is 11.3 Å². The van der Waals surface area contributed by atoms with Crippen molar-refractivity contribution < 1.29 is 0 Å². The average molecular weight is 144 g/mol. The molecule has 9 heavy (non-hydrogen) atoms. The van der Waals surface area contributed by atoms with E-state index in [1.165, 1.54) is 5.75 Å². The third kappa shape index (κ3) is 1.12. The highest BCUT2D eigenvalue weighted by Gasteiger charge is 2.37. The maximum absolute atomic E-state index is 2.38. The van der Waals surface area contributed by atoms with Crippen molar-refractivity contribution in [3.63, 3.8) is 0 Å². The summed E-state index contributed by atoms with van der Waals surface area (Å²) in [6.45, 7) is 9.45. The van der Waals surface area contributed by atoms with Crippen LogP contribution in [-0.2, 0) is 0 Å². The second kappa shape index (κ2) is 2.19. The van der Waals surface area contributed by atoms with Gasteiger partial charge in [-0.1, -0.05) is 27.7 Å². The van der Waals surface area contributed by atoms with Crippen molar-refractivity contribution in [1.29, 1.82) is 0 Å². The lowest BCUT2D eigenvalue weighted by atomic mass is 9.79. The fraction of sp³-hybridized carbons (Fsp3) is 1.00. The Hall–Kier alpha value is 0.350. The first-order valence-electron chi connectivity index (χ1n) is 3.66. The van der Waals surface area contributed by atoms with Gasteiger partial charge in [-0.15, -0.1) is 0 Å². The van der Waals surface area contributed by atoms with E-state index in [1.54, 1.807) is 0 Å². The minimum Gasteiger partial charge on any atom is -0.158 e. The van der Waals surface area contributed by atoms with Gasteiger partial charge in [0.15, 0.2) is 0 Å². The van der Waals surface area contributed by atoms with Crippen molar-refractivity contribution in [1.82, 2.24) is 0 Å². The number of rotatable bonds is 0. The molecule has 1 saturated heterocycles. The van der Waals surface area contributed by atoms with Crippen LogP contribution in [0.1, 0.15) is 27.7 Å². The third-order valence-electron chi connectivity index (χ3n) is 2.91. The van der Waals surface area contributed by atoms with Gasteiger partial charge in [-0.3, -0.25) is 0 Å². The highest BCUT2D eigenvalue weighted by atomic mass is 32.2. The number of hydrogen-bond acceptors (Lipinski definition) is 1. The summed E-state index contributed by atoms with van der Waals surface area (Å²) in [7, 11) is 0. The molecule has 1 aliphatic heterocycles. The smallest absolute Gasteiger partial charge is 0.00728 e. The van der Waals surface area contributed by atoms with Crippen LogP contribution in [0.5, 0.6) is 0 Å². The van der Waals surface area contributed by atoms with Gasteiger partial charge in [0.1, 0.15) is 0 Å². The van der Waals surface area contributed by atoms with Crippen molar-refractivity contribution in [2.24, 2.45) is 11.3 Å². The molecule has 0 N–H and O–H groups in total. The summed E-state index contributed by atoms with van der Waals surface area (Å²) in [5, 5.41) is 0.854. The van der Waals surface area contributed by atoms with Crippen LogP contribution in [0.25, 0.3) is 0 Å². The molecule has 0 aromatic heterocycles. The van der Waals surface area contributed by atoms with Gasteiger partial charge in [0.2, 0.25) is 0 Å². The Morgan fingerprint density at radius 1 is 1.33 bits per heavy atom. The van der Waals surface area contributed by atoms with Crippen LogP contribution in [0.15, 0.2) is 0 Å².